The lowest BCUT2D eigenvalue weighted by molar-refractivity contribution is -0.141. The summed E-state index contributed by atoms with van der Waals surface area (Å²) in [6.45, 7) is 1.75. The summed E-state index contributed by atoms with van der Waals surface area (Å²) >= 11 is 3.10. The molecule has 21 heavy (non-hydrogen) atoms. The van der Waals surface area contributed by atoms with Crippen molar-refractivity contribution in [1.82, 2.24) is 10.2 Å². The van der Waals surface area contributed by atoms with Crippen LogP contribution in [-0.2, 0) is 19.1 Å². The molecule has 1 fully saturated rings. The molecular formula is C13H16N2O4S2. The average Bonchev–Trinajstić information content (AvgIpc) is 3.03. The Kier molecular flexibility index (Phi) is 5.24. The van der Waals surface area contributed by atoms with Gasteiger partial charge >= 0.3 is 5.97 Å². The van der Waals surface area contributed by atoms with Crippen molar-refractivity contribution in [1.29, 1.82) is 0 Å². The molecule has 0 radical (unpaired) electrons. The van der Waals surface area contributed by atoms with E-state index in [0.717, 1.165) is 10.4 Å². The van der Waals surface area contributed by atoms with Gasteiger partial charge in [0, 0.05) is 4.88 Å². The highest BCUT2D eigenvalue weighted by molar-refractivity contribution is 8.00. The van der Waals surface area contributed by atoms with Crippen LogP contribution in [0.4, 0.5) is 0 Å². The molecule has 1 aromatic rings. The first kappa shape index (κ1) is 15.8. The lowest BCUT2D eigenvalue weighted by Gasteiger charge is -2.23. The molecule has 1 saturated heterocycles. The second-order valence-corrected chi connectivity index (χ2v) is 6.52. The molecule has 0 aromatic carbocycles. The first-order valence-corrected chi connectivity index (χ1v) is 8.24. The average molecular weight is 328 g/mol. The van der Waals surface area contributed by atoms with Crippen LogP contribution >= 0.6 is 23.1 Å². The summed E-state index contributed by atoms with van der Waals surface area (Å²) in [5.41, 5.74) is 1.12. The highest BCUT2D eigenvalue weighted by Crippen LogP contribution is 2.41. The monoisotopic (exact) mass is 328 g/mol. The number of hydrogen-bond donors (Lipinski definition) is 1. The second-order valence-electron chi connectivity index (χ2n) is 4.51. The molecule has 1 N–H and O–H groups in total. The molecule has 2 heterocycles. The minimum absolute atomic E-state index is 0.0508. The number of thioether (sulfide) groups is 1. The van der Waals surface area contributed by atoms with E-state index < -0.39 is 5.97 Å². The van der Waals surface area contributed by atoms with Crippen molar-refractivity contribution in [3.8, 4) is 0 Å². The normalized spacial score (nSPS) is 17.9. The number of hydrogen-bond acceptors (Lipinski definition) is 6. The third-order valence-electron chi connectivity index (χ3n) is 3.07. The summed E-state index contributed by atoms with van der Waals surface area (Å²) in [4.78, 5) is 37.4. The summed E-state index contributed by atoms with van der Waals surface area (Å²) in [5, 5.41) is 4.30. The van der Waals surface area contributed by atoms with E-state index in [1.54, 1.807) is 16.2 Å². The number of esters is 1. The van der Waals surface area contributed by atoms with Gasteiger partial charge in [-0.05, 0) is 23.9 Å². The molecule has 0 aliphatic carbocycles. The Morgan fingerprint density at radius 1 is 1.52 bits per heavy atom. The summed E-state index contributed by atoms with van der Waals surface area (Å²) in [5.74, 6) is -0.579. The van der Waals surface area contributed by atoms with Crippen LogP contribution < -0.4 is 5.32 Å². The second kappa shape index (κ2) is 6.95. The molecule has 0 saturated carbocycles. The Hall–Kier alpha value is -1.54. The van der Waals surface area contributed by atoms with Gasteiger partial charge in [-0.3, -0.25) is 14.4 Å². The molecule has 2 rings (SSSR count). The Morgan fingerprint density at radius 3 is 2.90 bits per heavy atom. The molecule has 0 bridgehead atoms. The van der Waals surface area contributed by atoms with Gasteiger partial charge in [-0.15, -0.1) is 23.1 Å². The number of ether oxygens (including phenoxy) is 1. The van der Waals surface area contributed by atoms with Crippen molar-refractivity contribution in [2.75, 3.05) is 26.0 Å². The van der Waals surface area contributed by atoms with Gasteiger partial charge in [-0.2, -0.15) is 0 Å². The van der Waals surface area contributed by atoms with E-state index in [0.29, 0.717) is 5.75 Å². The van der Waals surface area contributed by atoms with E-state index in [1.165, 1.54) is 18.9 Å². The molecule has 6 nitrogen and oxygen atoms in total. The number of aryl methyl sites for hydroxylation is 1. The molecule has 1 unspecified atom stereocenters. The maximum atomic E-state index is 12.0. The largest absolute Gasteiger partial charge is 0.468 e. The number of carbonyl (C=O) groups is 3. The van der Waals surface area contributed by atoms with E-state index in [4.69, 9.17) is 0 Å². The van der Waals surface area contributed by atoms with Crippen LogP contribution in [0.15, 0.2) is 11.4 Å². The van der Waals surface area contributed by atoms with Crippen molar-refractivity contribution in [3.63, 3.8) is 0 Å². The predicted molar refractivity (Wildman–Crippen MR) is 81.0 cm³/mol. The highest BCUT2D eigenvalue weighted by atomic mass is 32.2. The van der Waals surface area contributed by atoms with Crippen LogP contribution in [0.5, 0.6) is 0 Å². The number of nitrogens with one attached hydrogen (secondary N) is 1. The molecule has 1 aliphatic heterocycles. The van der Waals surface area contributed by atoms with Gasteiger partial charge in [0.2, 0.25) is 11.8 Å². The fraction of sp³-hybridized carbons (Fsp3) is 0.462. The van der Waals surface area contributed by atoms with Crippen molar-refractivity contribution in [3.05, 3.63) is 21.9 Å². The van der Waals surface area contributed by atoms with Gasteiger partial charge < -0.3 is 15.0 Å². The minimum atomic E-state index is -0.517. The fourth-order valence-electron chi connectivity index (χ4n) is 1.93. The van der Waals surface area contributed by atoms with Crippen LogP contribution in [0.3, 0.4) is 0 Å². The van der Waals surface area contributed by atoms with E-state index in [9.17, 15) is 14.4 Å². The SMILES string of the molecule is COC(=O)CNC(=O)CN1C(=O)CSC1c1sccc1C. The van der Waals surface area contributed by atoms with E-state index in [-0.39, 0.29) is 30.3 Å². The van der Waals surface area contributed by atoms with Crippen molar-refractivity contribution in [2.24, 2.45) is 0 Å². The third-order valence-corrected chi connectivity index (χ3v) is 5.51. The zero-order valence-corrected chi connectivity index (χ0v) is 13.4. The Balaban J connectivity index is 1.99. The smallest absolute Gasteiger partial charge is 0.325 e. The van der Waals surface area contributed by atoms with Gasteiger partial charge in [0.1, 0.15) is 18.5 Å². The lowest BCUT2D eigenvalue weighted by Crippen LogP contribution is -2.41. The number of amides is 2. The number of methoxy groups -OCH3 is 1. The van der Waals surface area contributed by atoms with Crippen LogP contribution in [0, 0.1) is 6.92 Å². The van der Waals surface area contributed by atoms with Gasteiger partial charge in [-0.25, -0.2) is 0 Å². The van der Waals surface area contributed by atoms with Crippen LogP contribution in [0.2, 0.25) is 0 Å². The van der Waals surface area contributed by atoms with E-state index in [1.807, 2.05) is 18.4 Å². The Morgan fingerprint density at radius 2 is 2.29 bits per heavy atom. The van der Waals surface area contributed by atoms with Gasteiger partial charge in [0.25, 0.3) is 0 Å². The maximum Gasteiger partial charge on any atom is 0.325 e. The molecule has 1 atom stereocenters. The number of nitrogens with zero attached hydrogens (tertiary/aromatic N) is 1. The Bertz CT molecular complexity index is 558. The summed E-state index contributed by atoms with van der Waals surface area (Å²) < 4.78 is 4.45. The standard InChI is InChI=1S/C13H16N2O4S2/c1-8-3-4-20-12(8)13-15(10(17)7-21-13)6-9(16)14-5-11(18)19-2/h3-4,13H,5-7H2,1-2H3,(H,14,16). The van der Waals surface area contributed by atoms with Crippen LogP contribution in [0.25, 0.3) is 0 Å². The number of thiophene rings is 1. The molecule has 2 amide bonds. The topological polar surface area (TPSA) is 75.7 Å². The van der Waals surface area contributed by atoms with Crippen molar-refractivity contribution >= 4 is 40.9 Å². The molecule has 1 aromatic heterocycles. The summed E-state index contributed by atoms with van der Waals surface area (Å²) in [6.07, 6.45) is 0. The van der Waals surface area contributed by atoms with E-state index in [2.05, 4.69) is 10.1 Å². The Labute approximate surface area is 130 Å². The molecule has 0 spiro atoms. The third kappa shape index (κ3) is 3.76. The molecule has 8 heteroatoms. The van der Waals surface area contributed by atoms with Gasteiger partial charge in [-0.1, -0.05) is 0 Å². The highest BCUT2D eigenvalue weighted by Gasteiger charge is 2.35. The molecular weight excluding hydrogens is 312 g/mol. The summed E-state index contributed by atoms with van der Waals surface area (Å²) in [7, 11) is 1.25. The predicted octanol–water partition coefficient (Wildman–Crippen LogP) is 0.920. The molecule has 1 aliphatic rings. The first-order chi connectivity index (χ1) is 10.0. The lowest BCUT2D eigenvalue weighted by atomic mass is 10.2. The van der Waals surface area contributed by atoms with E-state index >= 15 is 0 Å². The van der Waals surface area contributed by atoms with Crippen molar-refractivity contribution < 1.29 is 19.1 Å². The fourth-order valence-corrected chi connectivity index (χ4v) is 4.40. The van der Waals surface area contributed by atoms with Gasteiger partial charge in [0.05, 0.1) is 12.9 Å². The van der Waals surface area contributed by atoms with Crippen molar-refractivity contribution in [2.45, 2.75) is 12.3 Å². The maximum absolute atomic E-state index is 12.0. The quantitative estimate of drug-likeness (QED) is 0.814. The first-order valence-electron chi connectivity index (χ1n) is 6.31. The minimum Gasteiger partial charge on any atom is -0.468 e. The zero-order chi connectivity index (χ0) is 15.4. The summed E-state index contributed by atoms with van der Waals surface area (Å²) in [6, 6.07) is 2.00. The molecule has 114 valence electrons. The number of rotatable bonds is 5. The van der Waals surface area contributed by atoms with Crippen LogP contribution in [-0.4, -0.2) is 48.6 Å². The zero-order valence-electron chi connectivity index (χ0n) is 11.8. The van der Waals surface area contributed by atoms with Gasteiger partial charge in [0.15, 0.2) is 0 Å². The number of carbonyl (C=O) groups excluding carboxylic acids is 3. The van der Waals surface area contributed by atoms with Crippen LogP contribution in [0.1, 0.15) is 15.8 Å².